The van der Waals surface area contributed by atoms with E-state index in [0.717, 1.165) is 12.1 Å². The zero-order valence-electron chi connectivity index (χ0n) is 16.9. The van der Waals surface area contributed by atoms with Crippen molar-refractivity contribution in [1.82, 2.24) is 14.5 Å². The molecule has 2 aromatic rings. The van der Waals surface area contributed by atoms with E-state index in [0.29, 0.717) is 11.9 Å². The first-order chi connectivity index (χ1) is 15.0. The van der Waals surface area contributed by atoms with Gasteiger partial charge >= 0.3 is 12.0 Å². The van der Waals surface area contributed by atoms with E-state index >= 15 is 0 Å². The number of amides is 1. The topological polar surface area (TPSA) is 128 Å². The molecule has 3 rings (SSSR count). The number of imidazole rings is 1. The van der Waals surface area contributed by atoms with Crippen LogP contribution in [0.4, 0.5) is 30.4 Å². The Bertz CT molecular complexity index is 1050. The molecule has 0 N–H and O–H groups in total. The average molecular weight is 456 g/mol. The third-order valence-corrected chi connectivity index (χ3v) is 5.19. The Kier molecular flexibility index (Phi) is 6.32. The Morgan fingerprint density at radius 3 is 2.31 bits per heavy atom. The van der Waals surface area contributed by atoms with E-state index in [2.05, 4.69) is 4.98 Å². The van der Waals surface area contributed by atoms with Crippen LogP contribution in [0.3, 0.4) is 0 Å². The lowest BCUT2D eigenvalue weighted by molar-refractivity contribution is -0.389. The number of rotatable bonds is 6. The molecule has 14 heteroatoms. The van der Waals surface area contributed by atoms with Gasteiger partial charge in [0.1, 0.15) is 11.9 Å². The zero-order chi connectivity index (χ0) is 23.6. The zero-order valence-corrected chi connectivity index (χ0v) is 16.9. The molecule has 11 nitrogen and oxygen atoms in total. The van der Waals surface area contributed by atoms with Crippen molar-refractivity contribution in [3.05, 3.63) is 56.0 Å². The number of carbonyl (C=O) groups excluding carboxylic acids is 1. The largest absolute Gasteiger partial charge is 0.416 e. The minimum atomic E-state index is -4.69. The first kappa shape index (κ1) is 23.0. The quantitative estimate of drug-likeness (QED) is 0.483. The molecule has 0 radical (unpaired) electrons. The maximum Gasteiger partial charge on any atom is 0.416 e. The van der Waals surface area contributed by atoms with Crippen molar-refractivity contribution >= 4 is 23.1 Å². The predicted molar refractivity (Wildman–Crippen MR) is 105 cm³/mol. The number of carbonyl (C=O) groups is 1. The number of piperazine rings is 1. The van der Waals surface area contributed by atoms with E-state index in [4.69, 9.17) is 0 Å². The molecule has 2 heterocycles. The molecule has 0 bridgehead atoms. The number of aryl methyl sites for hydroxylation is 2. The number of nitro benzene ring substituents is 1. The second-order valence-corrected chi connectivity index (χ2v) is 7.17. The van der Waals surface area contributed by atoms with E-state index in [-0.39, 0.29) is 56.6 Å². The van der Waals surface area contributed by atoms with Crippen LogP contribution in [-0.2, 0) is 17.5 Å². The lowest BCUT2D eigenvalue weighted by Gasteiger charge is -2.36. The number of alkyl halides is 3. The smallest absolute Gasteiger partial charge is 0.362 e. The molecule has 1 aliphatic heterocycles. The van der Waals surface area contributed by atoms with Gasteiger partial charge in [-0.25, -0.2) is 0 Å². The highest BCUT2D eigenvalue weighted by Crippen LogP contribution is 2.36. The molecular weight excluding hydrogens is 437 g/mol. The summed E-state index contributed by atoms with van der Waals surface area (Å²) in [5.74, 6) is -0.104. The summed E-state index contributed by atoms with van der Waals surface area (Å²) in [7, 11) is 0. The summed E-state index contributed by atoms with van der Waals surface area (Å²) in [5, 5.41) is 22.1. The first-order valence-electron chi connectivity index (χ1n) is 9.54. The van der Waals surface area contributed by atoms with Crippen molar-refractivity contribution in [3.8, 4) is 0 Å². The molecule has 0 aliphatic carbocycles. The lowest BCUT2D eigenvalue weighted by Crippen LogP contribution is -2.49. The van der Waals surface area contributed by atoms with E-state index in [9.17, 15) is 38.2 Å². The van der Waals surface area contributed by atoms with Gasteiger partial charge in [-0.1, -0.05) is 0 Å². The number of aromatic nitrogens is 2. The Labute approximate surface area is 179 Å². The van der Waals surface area contributed by atoms with Crippen molar-refractivity contribution in [3.63, 3.8) is 0 Å². The highest BCUT2D eigenvalue weighted by Gasteiger charge is 2.34. The van der Waals surface area contributed by atoms with Crippen LogP contribution in [0, 0.1) is 27.2 Å². The third kappa shape index (κ3) is 4.95. The summed E-state index contributed by atoms with van der Waals surface area (Å²) in [6.45, 7) is 2.70. The number of hydrogen-bond donors (Lipinski definition) is 0. The Balaban J connectivity index is 1.62. The van der Waals surface area contributed by atoms with Crippen molar-refractivity contribution < 1.29 is 27.8 Å². The molecule has 1 aromatic carbocycles. The van der Waals surface area contributed by atoms with Crippen molar-refractivity contribution in [2.45, 2.75) is 26.1 Å². The standard InChI is InChI=1S/C18H19F3N6O5/c1-12-22-16(27(31)32)11-25(12)5-4-17(28)24-8-6-23(7-9-24)14-3-2-13(18(19,20)21)10-15(14)26(29)30/h2-3,10-11H,4-9H2,1H3. The van der Waals surface area contributed by atoms with Crippen molar-refractivity contribution in [1.29, 1.82) is 0 Å². The van der Waals surface area contributed by atoms with Gasteiger partial charge in [0.05, 0.1) is 10.5 Å². The van der Waals surface area contributed by atoms with Crippen molar-refractivity contribution in [2.75, 3.05) is 31.1 Å². The molecule has 1 fully saturated rings. The van der Waals surface area contributed by atoms with Crippen LogP contribution < -0.4 is 4.90 Å². The molecule has 1 amide bonds. The van der Waals surface area contributed by atoms with Gasteiger partial charge in [-0.3, -0.25) is 14.9 Å². The predicted octanol–water partition coefficient (Wildman–Crippen LogP) is 2.77. The third-order valence-electron chi connectivity index (χ3n) is 5.19. The lowest BCUT2D eigenvalue weighted by atomic mass is 10.1. The summed E-state index contributed by atoms with van der Waals surface area (Å²) < 4.78 is 40.2. The first-order valence-corrected chi connectivity index (χ1v) is 9.54. The molecule has 1 saturated heterocycles. The Morgan fingerprint density at radius 2 is 1.78 bits per heavy atom. The second-order valence-electron chi connectivity index (χ2n) is 7.17. The van der Waals surface area contributed by atoms with Crippen LogP contribution >= 0.6 is 0 Å². The van der Waals surface area contributed by atoms with Gasteiger partial charge in [-0.15, -0.1) is 0 Å². The van der Waals surface area contributed by atoms with Gasteiger partial charge in [0, 0.05) is 52.1 Å². The summed E-state index contributed by atoms with van der Waals surface area (Å²) >= 11 is 0. The number of nitro groups is 2. The van der Waals surface area contributed by atoms with Crippen LogP contribution in [0.2, 0.25) is 0 Å². The summed E-state index contributed by atoms with van der Waals surface area (Å²) in [5.41, 5.74) is -1.68. The van der Waals surface area contributed by atoms with Crippen LogP contribution in [-0.4, -0.2) is 56.4 Å². The highest BCUT2D eigenvalue weighted by atomic mass is 19.4. The number of hydrogen-bond acceptors (Lipinski definition) is 7. The fraction of sp³-hybridized carbons (Fsp3) is 0.444. The normalized spacial score (nSPS) is 14.5. The Hall–Kier alpha value is -3.71. The molecule has 0 unspecified atom stereocenters. The van der Waals surface area contributed by atoms with Crippen LogP contribution in [0.5, 0.6) is 0 Å². The van der Waals surface area contributed by atoms with E-state index in [1.54, 1.807) is 16.7 Å². The maximum absolute atomic E-state index is 12.9. The van der Waals surface area contributed by atoms with E-state index in [1.807, 2.05) is 0 Å². The summed E-state index contributed by atoms with van der Waals surface area (Å²) in [6, 6.07) is 2.39. The molecule has 0 saturated carbocycles. The van der Waals surface area contributed by atoms with Gasteiger partial charge in [-0.05, 0) is 22.0 Å². The number of anilines is 1. The highest BCUT2D eigenvalue weighted by molar-refractivity contribution is 5.76. The van der Waals surface area contributed by atoms with Gasteiger partial charge in [0.25, 0.3) is 5.69 Å². The molecule has 172 valence electrons. The minimum absolute atomic E-state index is 0.0662. The van der Waals surface area contributed by atoms with Crippen molar-refractivity contribution in [2.24, 2.45) is 0 Å². The fourth-order valence-corrected chi connectivity index (χ4v) is 3.49. The van der Waals surface area contributed by atoms with Gasteiger partial charge in [-0.2, -0.15) is 13.2 Å². The summed E-state index contributed by atoms with van der Waals surface area (Å²) in [6.07, 6.45) is -3.36. The monoisotopic (exact) mass is 456 g/mol. The number of nitrogens with zero attached hydrogens (tertiary/aromatic N) is 6. The molecule has 32 heavy (non-hydrogen) atoms. The summed E-state index contributed by atoms with van der Waals surface area (Å²) in [4.78, 5) is 40.0. The molecule has 0 spiro atoms. The van der Waals surface area contributed by atoms with Crippen LogP contribution in [0.15, 0.2) is 24.4 Å². The SMILES string of the molecule is Cc1nc([N+](=O)[O-])cn1CCC(=O)N1CCN(c2ccc(C(F)(F)F)cc2[N+](=O)[O-])CC1. The van der Waals surface area contributed by atoms with Crippen LogP contribution in [0.25, 0.3) is 0 Å². The molecule has 1 aliphatic rings. The maximum atomic E-state index is 12.9. The van der Waals surface area contributed by atoms with Crippen LogP contribution in [0.1, 0.15) is 17.8 Å². The van der Waals surface area contributed by atoms with Gasteiger partial charge in [0.2, 0.25) is 11.7 Å². The van der Waals surface area contributed by atoms with E-state index < -0.39 is 27.3 Å². The average Bonchev–Trinajstić information content (AvgIpc) is 3.12. The molecule has 1 aromatic heterocycles. The number of benzene rings is 1. The molecular formula is C18H19F3N6O5. The number of halogens is 3. The second kappa shape index (κ2) is 8.80. The van der Waals surface area contributed by atoms with Gasteiger partial charge in [0.15, 0.2) is 0 Å². The van der Waals surface area contributed by atoms with E-state index in [1.165, 1.54) is 10.8 Å². The fourth-order valence-electron chi connectivity index (χ4n) is 3.49. The van der Waals surface area contributed by atoms with Gasteiger partial charge < -0.3 is 24.5 Å². The Morgan fingerprint density at radius 1 is 1.12 bits per heavy atom. The minimum Gasteiger partial charge on any atom is -0.362 e. The molecule has 0 atom stereocenters.